The molecular formula is C28H36FN3O. The standard InChI is InChI=1S/C28H36FN3O/c1-20-16-25(29)8-7-24(20)19-32(26-11-14-31(5)15-12-26)21(2)30-18-22-6-9-27-23(17-22)10-13-28(3,4)33-27/h6-10,13,16-17,26,30H,2,11-12,14-15,18-19H2,1,3-5H3. The summed E-state index contributed by atoms with van der Waals surface area (Å²) in [5.74, 6) is 1.65. The maximum Gasteiger partial charge on any atom is 0.127 e. The Hall–Kier alpha value is -2.79. The van der Waals surface area contributed by atoms with Gasteiger partial charge in [-0.2, -0.15) is 0 Å². The van der Waals surface area contributed by atoms with Gasteiger partial charge in [-0.15, -0.1) is 0 Å². The predicted molar refractivity (Wildman–Crippen MR) is 133 cm³/mol. The monoisotopic (exact) mass is 449 g/mol. The third-order valence-corrected chi connectivity index (χ3v) is 6.73. The Kier molecular flexibility index (Phi) is 6.80. The highest BCUT2D eigenvalue weighted by Crippen LogP contribution is 2.31. The van der Waals surface area contributed by atoms with Crippen molar-refractivity contribution in [3.8, 4) is 5.75 Å². The van der Waals surface area contributed by atoms with Crippen molar-refractivity contribution in [1.29, 1.82) is 0 Å². The highest BCUT2D eigenvalue weighted by molar-refractivity contribution is 5.61. The SMILES string of the molecule is C=C(NCc1ccc2c(c1)C=CC(C)(C)O2)N(Cc1ccc(F)cc1C)C1CCN(C)CC1. The van der Waals surface area contributed by atoms with Gasteiger partial charge in [-0.1, -0.05) is 24.8 Å². The maximum atomic E-state index is 13.6. The minimum Gasteiger partial charge on any atom is -0.483 e. The van der Waals surface area contributed by atoms with E-state index in [1.807, 2.05) is 13.0 Å². The molecule has 33 heavy (non-hydrogen) atoms. The summed E-state index contributed by atoms with van der Waals surface area (Å²) in [5, 5.41) is 3.56. The molecule has 1 fully saturated rings. The van der Waals surface area contributed by atoms with Crippen LogP contribution in [0.1, 0.15) is 48.9 Å². The van der Waals surface area contributed by atoms with Crippen LogP contribution in [0.25, 0.3) is 6.08 Å². The molecule has 0 spiro atoms. The highest BCUT2D eigenvalue weighted by atomic mass is 19.1. The molecule has 4 nitrogen and oxygen atoms in total. The third kappa shape index (κ3) is 5.77. The Morgan fingerprint density at radius 3 is 2.70 bits per heavy atom. The molecule has 0 saturated carbocycles. The number of hydrogen-bond acceptors (Lipinski definition) is 4. The zero-order valence-electron chi connectivity index (χ0n) is 20.3. The van der Waals surface area contributed by atoms with Gasteiger partial charge in [0.15, 0.2) is 0 Å². The molecule has 2 aliphatic rings. The number of nitrogens with zero attached hydrogens (tertiary/aromatic N) is 2. The lowest BCUT2D eigenvalue weighted by Crippen LogP contribution is -2.45. The molecule has 176 valence electrons. The van der Waals surface area contributed by atoms with Crippen LogP contribution in [0.15, 0.2) is 54.9 Å². The highest BCUT2D eigenvalue weighted by Gasteiger charge is 2.25. The molecule has 0 atom stereocenters. The number of piperidine rings is 1. The summed E-state index contributed by atoms with van der Waals surface area (Å²) in [6.45, 7) is 14.1. The summed E-state index contributed by atoms with van der Waals surface area (Å²) in [7, 11) is 2.17. The lowest BCUT2D eigenvalue weighted by atomic mass is 10.0. The van der Waals surface area contributed by atoms with Crippen LogP contribution >= 0.6 is 0 Å². The van der Waals surface area contributed by atoms with E-state index in [1.54, 1.807) is 12.1 Å². The van der Waals surface area contributed by atoms with Gasteiger partial charge in [-0.25, -0.2) is 4.39 Å². The van der Waals surface area contributed by atoms with Crippen LogP contribution in [0.3, 0.4) is 0 Å². The molecule has 0 radical (unpaired) electrons. The fourth-order valence-corrected chi connectivity index (χ4v) is 4.62. The minimum absolute atomic E-state index is 0.187. The number of aryl methyl sites for hydroxylation is 1. The van der Waals surface area contributed by atoms with Crippen LogP contribution < -0.4 is 10.1 Å². The van der Waals surface area contributed by atoms with Crippen molar-refractivity contribution in [3.63, 3.8) is 0 Å². The summed E-state index contributed by atoms with van der Waals surface area (Å²) in [6.07, 6.45) is 6.42. The van der Waals surface area contributed by atoms with Crippen LogP contribution in [0, 0.1) is 12.7 Å². The molecule has 1 N–H and O–H groups in total. The van der Waals surface area contributed by atoms with Crippen molar-refractivity contribution in [3.05, 3.63) is 82.9 Å². The van der Waals surface area contributed by atoms with E-state index in [4.69, 9.17) is 4.74 Å². The lowest BCUT2D eigenvalue weighted by molar-refractivity contribution is 0.137. The minimum atomic E-state index is -0.270. The van der Waals surface area contributed by atoms with Gasteiger partial charge in [0.05, 0.1) is 5.82 Å². The van der Waals surface area contributed by atoms with Crippen molar-refractivity contribution >= 4 is 6.08 Å². The van der Waals surface area contributed by atoms with Crippen LogP contribution in [0.5, 0.6) is 5.75 Å². The molecular weight excluding hydrogens is 413 g/mol. The number of ether oxygens (including phenoxy) is 1. The van der Waals surface area contributed by atoms with Gasteiger partial charge in [0, 0.05) is 24.7 Å². The van der Waals surface area contributed by atoms with Crippen molar-refractivity contribution in [2.45, 2.75) is 58.3 Å². The molecule has 0 aliphatic carbocycles. The van der Waals surface area contributed by atoms with Crippen molar-refractivity contribution in [2.75, 3.05) is 20.1 Å². The van der Waals surface area contributed by atoms with Crippen molar-refractivity contribution in [1.82, 2.24) is 15.1 Å². The Morgan fingerprint density at radius 1 is 1.21 bits per heavy atom. The number of halogens is 1. The van der Waals surface area contributed by atoms with Gasteiger partial charge in [-0.3, -0.25) is 0 Å². The number of rotatable bonds is 7. The first kappa shape index (κ1) is 23.4. The van der Waals surface area contributed by atoms with E-state index < -0.39 is 0 Å². The van der Waals surface area contributed by atoms with Gasteiger partial charge in [0.1, 0.15) is 17.2 Å². The van der Waals surface area contributed by atoms with Gasteiger partial charge < -0.3 is 19.9 Å². The summed E-state index contributed by atoms with van der Waals surface area (Å²) in [4.78, 5) is 4.75. The Labute approximate surface area is 197 Å². The zero-order valence-corrected chi connectivity index (χ0v) is 20.3. The van der Waals surface area contributed by atoms with Crippen LogP contribution in [-0.2, 0) is 13.1 Å². The number of benzene rings is 2. The molecule has 0 bridgehead atoms. The van der Waals surface area contributed by atoms with E-state index in [9.17, 15) is 4.39 Å². The van der Waals surface area contributed by atoms with E-state index >= 15 is 0 Å². The molecule has 1 saturated heterocycles. The Balaban J connectivity index is 1.47. The number of fused-ring (bicyclic) bond motifs is 1. The quantitative estimate of drug-likeness (QED) is 0.606. The number of nitrogens with one attached hydrogen (secondary N) is 1. The van der Waals surface area contributed by atoms with E-state index in [2.05, 4.69) is 72.9 Å². The first-order valence-electron chi connectivity index (χ1n) is 11.8. The average Bonchev–Trinajstić information content (AvgIpc) is 2.77. The van der Waals surface area contributed by atoms with Crippen molar-refractivity contribution < 1.29 is 9.13 Å². The van der Waals surface area contributed by atoms with Crippen LogP contribution in [0.4, 0.5) is 4.39 Å². The fourth-order valence-electron chi connectivity index (χ4n) is 4.62. The molecule has 5 heteroatoms. The van der Waals surface area contributed by atoms with Gasteiger partial charge in [0.25, 0.3) is 0 Å². The normalized spacial score (nSPS) is 17.8. The lowest BCUT2D eigenvalue weighted by Gasteiger charge is -2.40. The van der Waals surface area contributed by atoms with Gasteiger partial charge >= 0.3 is 0 Å². The number of likely N-dealkylation sites (tertiary alicyclic amines) is 1. The molecule has 4 rings (SSSR count). The van der Waals surface area contributed by atoms with Gasteiger partial charge in [-0.05, 0) is 101 Å². The van der Waals surface area contributed by atoms with Crippen LogP contribution in [-0.4, -0.2) is 41.6 Å². The van der Waals surface area contributed by atoms with E-state index in [0.29, 0.717) is 12.6 Å². The molecule has 2 aromatic rings. The summed E-state index contributed by atoms with van der Waals surface area (Å²) in [6, 6.07) is 11.8. The van der Waals surface area contributed by atoms with E-state index in [0.717, 1.165) is 60.7 Å². The fraction of sp³-hybridized carbons (Fsp3) is 0.429. The zero-order chi connectivity index (χ0) is 23.6. The largest absolute Gasteiger partial charge is 0.483 e. The number of hydrogen-bond donors (Lipinski definition) is 1. The summed E-state index contributed by atoms with van der Waals surface area (Å²) in [5.41, 5.74) is 4.13. The summed E-state index contributed by atoms with van der Waals surface area (Å²) < 4.78 is 19.7. The summed E-state index contributed by atoms with van der Waals surface area (Å²) >= 11 is 0. The molecule has 0 unspecified atom stereocenters. The molecule has 2 aliphatic heterocycles. The Bertz CT molecular complexity index is 1040. The second kappa shape index (κ2) is 9.60. The molecule has 0 amide bonds. The maximum absolute atomic E-state index is 13.6. The Morgan fingerprint density at radius 2 is 1.97 bits per heavy atom. The van der Waals surface area contributed by atoms with E-state index in [1.165, 1.54) is 5.56 Å². The second-order valence-electron chi connectivity index (χ2n) is 9.94. The predicted octanol–water partition coefficient (Wildman–Crippen LogP) is 5.48. The smallest absolute Gasteiger partial charge is 0.127 e. The first-order chi connectivity index (χ1) is 15.7. The van der Waals surface area contributed by atoms with Gasteiger partial charge in [0.2, 0.25) is 0 Å². The average molecular weight is 450 g/mol. The van der Waals surface area contributed by atoms with Crippen molar-refractivity contribution in [2.24, 2.45) is 0 Å². The second-order valence-corrected chi connectivity index (χ2v) is 9.94. The third-order valence-electron chi connectivity index (χ3n) is 6.73. The molecule has 2 aromatic carbocycles. The van der Waals surface area contributed by atoms with E-state index in [-0.39, 0.29) is 11.4 Å². The van der Waals surface area contributed by atoms with Crippen LogP contribution in [0.2, 0.25) is 0 Å². The molecule has 2 heterocycles. The molecule has 0 aromatic heterocycles. The first-order valence-corrected chi connectivity index (χ1v) is 11.8. The topological polar surface area (TPSA) is 27.7 Å².